The molecule has 2 aromatic carbocycles. The van der Waals surface area contributed by atoms with Crippen molar-refractivity contribution in [2.24, 2.45) is 0 Å². The van der Waals surface area contributed by atoms with E-state index in [1.54, 1.807) is 12.1 Å². The van der Waals surface area contributed by atoms with E-state index in [0.717, 1.165) is 0 Å². The highest BCUT2D eigenvalue weighted by molar-refractivity contribution is 6.32. The molecule has 2 aromatic rings. The lowest BCUT2D eigenvalue weighted by Crippen LogP contribution is -2.22. The molecule has 3 rings (SSSR count). The number of urea groups is 1. The van der Waals surface area contributed by atoms with Crippen LogP contribution in [0.1, 0.15) is 5.56 Å². The molecule has 0 aromatic heterocycles. The molecular weight excluding hydrogens is 377 g/mol. The monoisotopic (exact) mass is 389 g/mol. The van der Waals surface area contributed by atoms with E-state index >= 15 is 0 Å². The van der Waals surface area contributed by atoms with E-state index in [9.17, 15) is 18.8 Å². The molecule has 138 valence electrons. The highest BCUT2D eigenvalue weighted by atomic mass is 35.5. The van der Waals surface area contributed by atoms with Crippen LogP contribution in [0.5, 0.6) is 5.75 Å². The minimum Gasteiger partial charge on any atom is -0.482 e. The molecule has 0 unspecified atom stereocenters. The Labute approximate surface area is 158 Å². The first-order valence-corrected chi connectivity index (χ1v) is 8.11. The second-order valence-corrected chi connectivity index (χ2v) is 5.88. The molecule has 0 radical (unpaired) electrons. The van der Waals surface area contributed by atoms with Crippen LogP contribution in [0.15, 0.2) is 48.2 Å². The van der Waals surface area contributed by atoms with Gasteiger partial charge in [-0.2, -0.15) is 0 Å². The van der Waals surface area contributed by atoms with Gasteiger partial charge in [0.25, 0.3) is 11.8 Å². The van der Waals surface area contributed by atoms with Crippen LogP contribution in [0, 0.1) is 5.82 Å². The molecule has 27 heavy (non-hydrogen) atoms. The third kappa shape index (κ3) is 4.62. The van der Waals surface area contributed by atoms with Gasteiger partial charge in [0.1, 0.15) is 17.3 Å². The lowest BCUT2D eigenvalue weighted by atomic mass is 10.2. The van der Waals surface area contributed by atoms with E-state index in [4.69, 9.17) is 16.3 Å². The van der Waals surface area contributed by atoms with Crippen molar-refractivity contribution in [2.75, 3.05) is 11.9 Å². The zero-order chi connectivity index (χ0) is 19.4. The van der Waals surface area contributed by atoms with Crippen molar-refractivity contribution in [3.8, 4) is 5.75 Å². The fourth-order valence-electron chi connectivity index (χ4n) is 2.27. The first kappa shape index (κ1) is 18.4. The number of hydrogen-bond donors (Lipinski definition) is 3. The Morgan fingerprint density at radius 2 is 1.96 bits per heavy atom. The number of hydrogen-bond acceptors (Lipinski definition) is 4. The molecular formula is C18H13ClFN3O4. The molecule has 4 amide bonds. The third-order valence-corrected chi connectivity index (χ3v) is 3.79. The van der Waals surface area contributed by atoms with Crippen LogP contribution < -0.4 is 20.7 Å². The minimum absolute atomic E-state index is 0.0519. The highest BCUT2D eigenvalue weighted by Crippen LogP contribution is 2.26. The van der Waals surface area contributed by atoms with Crippen LogP contribution in [-0.2, 0) is 9.59 Å². The first-order valence-electron chi connectivity index (χ1n) is 7.73. The molecule has 0 aliphatic carbocycles. The lowest BCUT2D eigenvalue weighted by Gasteiger charge is -2.10. The largest absolute Gasteiger partial charge is 0.482 e. The molecule has 1 aliphatic heterocycles. The van der Waals surface area contributed by atoms with E-state index in [1.165, 1.54) is 36.4 Å². The maximum absolute atomic E-state index is 13.5. The molecule has 3 N–H and O–H groups in total. The van der Waals surface area contributed by atoms with Crippen LogP contribution in [0.2, 0.25) is 5.02 Å². The molecule has 0 spiro atoms. The average Bonchev–Trinajstić information content (AvgIpc) is 2.93. The SMILES string of the molecule is O=C(COc1ccc(/C=C2/NC(=O)NC2=O)cc1Cl)Nc1ccccc1F. The van der Waals surface area contributed by atoms with Crippen molar-refractivity contribution in [3.63, 3.8) is 0 Å². The van der Waals surface area contributed by atoms with Gasteiger partial charge in [0.05, 0.1) is 10.7 Å². The molecule has 0 bridgehead atoms. The Kier molecular flexibility index (Phi) is 5.37. The molecule has 0 atom stereocenters. The number of carbonyl (C=O) groups excluding carboxylic acids is 3. The number of para-hydroxylation sites is 1. The second kappa shape index (κ2) is 7.88. The van der Waals surface area contributed by atoms with Crippen molar-refractivity contribution in [1.82, 2.24) is 10.6 Å². The molecule has 1 heterocycles. The van der Waals surface area contributed by atoms with Gasteiger partial charge in [0.2, 0.25) is 0 Å². The fourth-order valence-corrected chi connectivity index (χ4v) is 2.51. The average molecular weight is 390 g/mol. The number of carbonyl (C=O) groups is 3. The summed E-state index contributed by atoms with van der Waals surface area (Å²) < 4.78 is 18.8. The number of imide groups is 1. The van der Waals surface area contributed by atoms with Crippen LogP contribution in [0.25, 0.3) is 6.08 Å². The Morgan fingerprint density at radius 1 is 1.19 bits per heavy atom. The van der Waals surface area contributed by atoms with Gasteiger partial charge in [-0.1, -0.05) is 29.8 Å². The number of nitrogens with one attached hydrogen (secondary N) is 3. The van der Waals surface area contributed by atoms with Crippen molar-refractivity contribution in [2.45, 2.75) is 0 Å². The number of anilines is 1. The van der Waals surface area contributed by atoms with Gasteiger partial charge in [-0.15, -0.1) is 0 Å². The van der Waals surface area contributed by atoms with Crippen molar-refractivity contribution in [1.29, 1.82) is 0 Å². The molecule has 1 fully saturated rings. The van der Waals surface area contributed by atoms with Gasteiger partial charge in [0, 0.05) is 0 Å². The van der Waals surface area contributed by atoms with Gasteiger partial charge in [-0.05, 0) is 35.9 Å². The summed E-state index contributed by atoms with van der Waals surface area (Å²) >= 11 is 6.11. The van der Waals surface area contributed by atoms with Crippen LogP contribution in [0.4, 0.5) is 14.9 Å². The predicted octanol–water partition coefficient (Wildman–Crippen LogP) is 2.68. The number of amides is 4. The third-order valence-electron chi connectivity index (χ3n) is 3.49. The van der Waals surface area contributed by atoms with Crippen LogP contribution in [-0.4, -0.2) is 24.5 Å². The molecule has 9 heteroatoms. The Hall–Kier alpha value is -3.39. The number of halogens is 2. The summed E-state index contributed by atoms with van der Waals surface area (Å²) in [5.41, 5.74) is 0.695. The second-order valence-electron chi connectivity index (χ2n) is 5.47. The van der Waals surface area contributed by atoms with Crippen molar-refractivity contribution >= 4 is 41.2 Å². The number of rotatable bonds is 5. The Balaban J connectivity index is 1.62. The molecule has 0 saturated carbocycles. The Morgan fingerprint density at radius 3 is 2.63 bits per heavy atom. The summed E-state index contributed by atoms with van der Waals surface area (Å²) in [7, 11) is 0. The zero-order valence-corrected chi connectivity index (χ0v) is 14.5. The zero-order valence-electron chi connectivity index (χ0n) is 13.7. The molecule has 7 nitrogen and oxygen atoms in total. The van der Waals surface area contributed by atoms with Gasteiger partial charge in [-0.25, -0.2) is 9.18 Å². The Bertz CT molecular complexity index is 961. The van der Waals surface area contributed by atoms with Gasteiger partial charge >= 0.3 is 6.03 Å². The molecule has 1 aliphatic rings. The van der Waals surface area contributed by atoms with Crippen LogP contribution in [0.3, 0.4) is 0 Å². The summed E-state index contributed by atoms with van der Waals surface area (Å²) in [5.74, 6) is -1.40. The summed E-state index contributed by atoms with van der Waals surface area (Å²) in [6.07, 6.45) is 1.45. The van der Waals surface area contributed by atoms with E-state index in [-0.39, 0.29) is 28.8 Å². The maximum atomic E-state index is 13.5. The standard InChI is InChI=1S/C18H13ClFN3O4/c19-11-7-10(8-14-17(25)23-18(26)22-14)5-6-15(11)27-9-16(24)21-13-4-2-1-3-12(13)20/h1-8H,9H2,(H,21,24)(H2,22,23,25,26)/b14-8+. The first-order chi connectivity index (χ1) is 12.9. The van der Waals surface area contributed by atoms with Crippen LogP contribution >= 0.6 is 11.6 Å². The predicted molar refractivity (Wildman–Crippen MR) is 96.6 cm³/mol. The van der Waals surface area contributed by atoms with Crippen molar-refractivity contribution < 1.29 is 23.5 Å². The summed E-state index contributed by atoms with van der Waals surface area (Å²) in [6.45, 7) is -0.368. The van der Waals surface area contributed by atoms with E-state index in [0.29, 0.717) is 5.56 Å². The van der Waals surface area contributed by atoms with E-state index in [2.05, 4.69) is 16.0 Å². The van der Waals surface area contributed by atoms with E-state index in [1.807, 2.05) is 0 Å². The highest BCUT2D eigenvalue weighted by Gasteiger charge is 2.22. The maximum Gasteiger partial charge on any atom is 0.326 e. The van der Waals surface area contributed by atoms with E-state index < -0.39 is 23.7 Å². The summed E-state index contributed by atoms with van der Waals surface area (Å²) in [5, 5.41) is 7.04. The summed E-state index contributed by atoms with van der Waals surface area (Å²) in [4.78, 5) is 34.5. The smallest absolute Gasteiger partial charge is 0.326 e. The fraction of sp³-hybridized carbons (Fsp3) is 0.0556. The van der Waals surface area contributed by atoms with Gasteiger partial charge in [-0.3, -0.25) is 14.9 Å². The van der Waals surface area contributed by atoms with Gasteiger partial charge < -0.3 is 15.4 Å². The minimum atomic E-state index is -0.599. The quantitative estimate of drug-likeness (QED) is 0.541. The number of benzene rings is 2. The van der Waals surface area contributed by atoms with Gasteiger partial charge in [0.15, 0.2) is 6.61 Å². The topological polar surface area (TPSA) is 96.5 Å². The number of ether oxygens (including phenoxy) is 1. The lowest BCUT2D eigenvalue weighted by molar-refractivity contribution is -0.118. The molecule has 1 saturated heterocycles. The normalized spacial score (nSPS) is 14.7. The van der Waals surface area contributed by atoms with Crippen molar-refractivity contribution in [3.05, 3.63) is 64.6 Å². The summed E-state index contributed by atoms with van der Waals surface area (Å²) in [6, 6.07) is 9.79.